The summed E-state index contributed by atoms with van der Waals surface area (Å²) < 4.78 is 0. The fourth-order valence-corrected chi connectivity index (χ4v) is 2.26. The van der Waals surface area contributed by atoms with E-state index in [1.165, 1.54) is 17.5 Å². The molecule has 2 nitrogen and oxygen atoms in total. The summed E-state index contributed by atoms with van der Waals surface area (Å²) in [5, 5.41) is 4.78. The molecule has 0 aliphatic carbocycles. The third-order valence-electron chi connectivity index (χ3n) is 2.87. The van der Waals surface area contributed by atoms with Gasteiger partial charge < -0.3 is 5.32 Å². The maximum Gasteiger partial charge on any atom is 0.0722 e. The molecule has 0 aliphatic rings. The Morgan fingerprint density at radius 2 is 1.94 bits per heavy atom. The van der Waals surface area contributed by atoms with Crippen LogP contribution in [0.1, 0.15) is 27.2 Å². The van der Waals surface area contributed by atoms with Gasteiger partial charge in [-0.15, -0.1) is 0 Å². The molecule has 0 amide bonds. The molecule has 1 aromatic carbocycles. The summed E-state index contributed by atoms with van der Waals surface area (Å²) in [6, 6.07) is 10.8. The molecule has 0 bridgehead atoms. The molecule has 1 aromatic heterocycles. The van der Waals surface area contributed by atoms with Crippen molar-refractivity contribution in [1.82, 2.24) is 4.98 Å². The van der Waals surface area contributed by atoms with E-state index in [0.717, 1.165) is 5.52 Å². The first-order valence-corrected chi connectivity index (χ1v) is 6.27. The van der Waals surface area contributed by atoms with E-state index in [1.807, 2.05) is 18.3 Å². The first kappa shape index (κ1) is 11.9. The normalized spacial score (nSPS) is 12.9. The molecule has 17 heavy (non-hydrogen) atoms. The second-order valence-corrected chi connectivity index (χ2v) is 5.05. The van der Waals surface area contributed by atoms with Gasteiger partial charge in [0.15, 0.2) is 0 Å². The number of hydrogen-bond acceptors (Lipinski definition) is 2. The Kier molecular flexibility index (Phi) is 3.62. The van der Waals surface area contributed by atoms with E-state index in [1.54, 1.807) is 0 Å². The van der Waals surface area contributed by atoms with Gasteiger partial charge in [-0.1, -0.05) is 19.9 Å². The van der Waals surface area contributed by atoms with Crippen molar-refractivity contribution in [1.29, 1.82) is 0 Å². The molecule has 1 heterocycles. The van der Waals surface area contributed by atoms with Crippen LogP contribution < -0.4 is 5.32 Å². The third-order valence-corrected chi connectivity index (χ3v) is 2.87. The summed E-state index contributed by atoms with van der Waals surface area (Å²) >= 11 is 0. The SMILES string of the molecule is CC(C)CC(C)Nc1cccc2ncccc12. The van der Waals surface area contributed by atoms with E-state index in [-0.39, 0.29) is 0 Å². The van der Waals surface area contributed by atoms with Crippen LogP contribution in [0, 0.1) is 5.92 Å². The van der Waals surface area contributed by atoms with Crippen molar-refractivity contribution < 1.29 is 0 Å². The van der Waals surface area contributed by atoms with Gasteiger partial charge in [0.1, 0.15) is 0 Å². The fourth-order valence-electron chi connectivity index (χ4n) is 2.26. The summed E-state index contributed by atoms with van der Waals surface area (Å²) in [7, 11) is 0. The lowest BCUT2D eigenvalue weighted by Gasteiger charge is -2.18. The molecular formula is C15H20N2. The molecular weight excluding hydrogens is 208 g/mol. The Hall–Kier alpha value is -1.57. The van der Waals surface area contributed by atoms with Crippen molar-refractivity contribution in [3.63, 3.8) is 0 Å². The van der Waals surface area contributed by atoms with Crippen LogP contribution in [0.5, 0.6) is 0 Å². The summed E-state index contributed by atoms with van der Waals surface area (Å²) in [6.45, 7) is 6.74. The number of fused-ring (bicyclic) bond motifs is 1. The molecule has 0 fully saturated rings. The maximum atomic E-state index is 4.37. The number of rotatable bonds is 4. The van der Waals surface area contributed by atoms with Gasteiger partial charge in [0.05, 0.1) is 5.52 Å². The maximum absolute atomic E-state index is 4.37. The summed E-state index contributed by atoms with van der Waals surface area (Å²) in [5.74, 6) is 0.714. The van der Waals surface area contributed by atoms with Crippen LogP contribution in [-0.4, -0.2) is 11.0 Å². The molecule has 0 saturated carbocycles. The Bertz CT molecular complexity index is 486. The van der Waals surface area contributed by atoms with E-state index >= 15 is 0 Å². The summed E-state index contributed by atoms with van der Waals surface area (Å²) in [4.78, 5) is 4.37. The molecule has 90 valence electrons. The number of anilines is 1. The second kappa shape index (κ2) is 5.17. The van der Waals surface area contributed by atoms with Crippen LogP contribution in [0.25, 0.3) is 10.9 Å². The molecule has 0 radical (unpaired) electrons. The summed E-state index contributed by atoms with van der Waals surface area (Å²) in [5.41, 5.74) is 2.23. The first-order chi connectivity index (χ1) is 8.16. The van der Waals surface area contributed by atoms with Crippen molar-refractivity contribution >= 4 is 16.6 Å². The van der Waals surface area contributed by atoms with Crippen LogP contribution >= 0.6 is 0 Å². The van der Waals surface area contributed by atoms with Gasteiger partial charge in [-0.05, 0) is 43.5 Å². The van der Waals surface area contributed by atoms with Crippen LogP contribution in [0.4, 0.5) is 5.69 Å². The van der Waals surface area contributed by atoms with Gasteiger partial charge >= 0.3 is 0 Å². The highest BCUT2D eigenvalue weighted by molar-refractivity contribution is 5.91. The Morgan fingerprint density at radius 3 is 2.71 bits per heavy atom. The first-order valence-electron chi connectivity index (χ1n) is 6.27. The second-order valence-electron chi connectivity index (χ2n) is 5.05. The molecule has 1 unspecified atom stereocenters. The highest BCUT2D eigenvalue weighted by atomic mass is 14.9. The minimum atomic E-state index is 0.487. The van der Waals surface area contributed by atoms with E-state index < -0.39 is 0 Å². The molecule has 2 aromatic rings. The smallest absolute Gasteiger partial charge is 0.0722 e. The fraction of sp³-hybridized carbons (Fsp3) is 0.400. The summed E-state index contributed by atoms with van der Waals surface area (Å²) in [6.07, 6.45) is 3.01. The molecule has 2 heteroatoms. The van der Waals surface area contributed by atoms with Gasteiger partial charge in [0.2, 0.25) is 0 Å². The van der Waals surface area contributed by atoms with Crippen molar-refractivity contribution in [2.75, 3.05) is 5.32 Å². The number of hydrogen-bond donors (Lipinski definition) is 1. The van der Waals surface area contributed by atoms with Crippen molar-refractivity contribution in [2.45, 2.75) is 33.2 Å². The largest absolute Gasteiger partial charge is 0.382 e. The van der Waals surface area contributed by atoms with Crippen LogP contribution in [0.3, 0.4) is 0 Å². The Labute approximate surface area is 103 Å². The highest BCUT2D eigenvalue weighted by Crippen LogP contribution is 2.22. The molecule has 0 saturated heterocycles. The molecule has 1 N–H and O–H groups in total. The number of benzene rings is 1. The molecule has 2 rings (SSSR count). The standard InChI is InChI=1S/C15H20N2/c1-11(2)10-12(3)17-15-8-4-7-14-13(15)6-5-9-16-14/h4-9,11-12,17H,10H2,1-3H3. The van der Waals surface area contributed by atoms with Crippen LogP contribution in [-0.2, 0) is 0 Å². The minimum Gasteiger partial charge on any atom is -0.382 e. The Morgan fingerprint density at radius 1 is 1.12 bits per heavy atom. The van der Waals surface area contributed by atoms with Gasteiger partial charge in [-0.2, -0.15) is 0 Å². The van der Waals surface area contributed by atoms with Crippen molar-refractivity contribution in [3.05, 3.63) is 36.5 Å². The molecule has 0 spiro atoms. The van der Waals surface area contributed by atoms with Crippen molar-refractivity contribution in [2.24, 2.45) is 5.92 Å². The average Bonchev–Trinajstić information content (AvgIpc) is 2.28. The minimum absolute atomic E-state index is 0.487. The lowest BCUT2D eigenvalue weighted by atomic mass is 10.0. The quantitative estimate of drug-likeness (QED) is 0.852. The topological polar surface area (TPSA) is 24.9 Å². The van der Waals surface area contributed by atoms with E-state index in [0.29, 0.717) is 12.0 Å². The number of aromatic nitrogens is 1. The van der Waals surface area contributed by atoms with Crippen LogP contribution in [0.2, 0.25) is 0 Å². The predicted octanol–water partition coefficient (Wildman–Crippen LogP) is 4.08. The van der Waals surface area contributed by atoms with E-state index in [2.05, 4.69) is 49.3 Å². The van der Waals surface area contributed by atoms with Gasteiger partial charge in [0, 0.05) is 23.3 Å². The van der Waals surface area contributed by atoms with Gasteiger partial charge in [0.25, 0.3) is 0 Å². The zero-order valence-corrected chi connectivity index (χ0v) is 10.8. The van der Waals surface area contributed by atoms with Gasteiger partial charge in [-0.25, -0.2) is 0 Å². The zero-order chi connectivity index (χ0) is 12.3. The molecule has 0 aliphatic heterocycles. The third kappa shape index (κ3) is 2.96. The van der Waals surface area contributed by atoms with Crippen molar-refractivity contribution in [3.8, 4) is 0 Å². The Balaban J connectivity index is 2.24. The number of pyridine rings is 1. The predicted molar refractivity (Wildman–Crippen MR) is 74.3 cm³/mol. The number of nitrogens with zero attached hydrogens (tertiary/aromatic N) is 1. The highest BCUT2D eigenvalue weighted by Gasteiger charge is 2.07. The van der Waals surface area contributed by atoms with E-state index in [4.69, 9.17) is 0 Å². The lowest BCUT2D eigenvalue weighted by Crippen LogP contribution is -2.17. The van der Waals surface area contributed by atoms with E-state index in [9.17, 15) is 0 Å². The average molecular weight is 228 g/mol. The van der Waals surface area contributed by atoms with Crippen LogP contribution in [0.15, 0.2) is 36.5 Å². The lowest BCUT2D eigenvalue weighted by molar-refractivity contribution is 0.540. The molecule has 1 atom stereocenters. The van der Waals surface area contributed by atoms with Gasteiger partial charge in [-0.3, -0.25) is 4.98 Å². The zero-order valence-electron chi connectivity index (χ0n) is 10.8. The monoisotopic (exact) mass is 228 g/mol. The number of nitrogens with one attached hydrogen (secondary N) is 1.